The maximum atomic E-state index is 4.63. The van der Waals surface area contributed by atoms with E-state index >= 15 is 0 Å². The summed E-state index contributed by atoms with van der Waals surface area (Å²) >= 11 is 1.71. The zero-order valence-corrected chi connectivity index (χ0v) is 12.3. The van der Waals surface area contributed by atoms with Gasteiger partial charge in [0.2, 0.25) is 0 Å². The standard InChI is InChI=1S/C15H20N2S/c1-5-16-15(14-9-18-12(4)17-14)13-8-6-7-10(2)11(13)3/h6-9,15-16H,5H2,1-4H3. The lowest BCUT2D eigenvalue weighted by molar-refractivity contribution is 0.614. The molecule has 0 aliphatic rings. The Bertz CT molecular complexity index is 531. The van der Waals surface area contributed by atoms with E-state index < -0.39 is 0 Å². The predicted molar refractivity (Wildman–Crippen MR) is 78.3 cm³/mol. The van der Waals surface area contributed by atoms with E-state index in [1.165, 1.54) is 16.7 Å². The second kappa shape index (κ2) is 5.63. The van der Waals surface area contributed by atoms with Gasteiger partial charge < -0.3 is 5.32 Å². The number of aromatic nitrogens is 1. The molecular formula is C15H20N2S. The summed E-state index contributed by atoms with van der Waals surface area (Å²) in [7, 11) is 0. The van der Waals surface area contributed by atoms with Gasteiger partial charge in [0.25, 0.3) is 0 Å². The molecule has 18 heavy (non-hydrogen) atoms. The predicted octanol–water partition coefficient (Wildman–Crippen LogP) is 3.77. The van der Waals surface area contributed by atoms with Crippen LogP contribution in [0.4, 0.5) is 0 Å². The van der Waals surface area contributed by atoms with Crippen molar-refractivity contribution in [1.29, 1.82) is 0 Å². The van der Waals surface area contributed by atoms with Gasteiger partial charge in [-0.05, 0) is 44.0 Å². The Labute approximate surface area is 113 Å². The SMILES string of the molecule is CCNC(c1csc(C)n1)c1cccc(C)c1C. The molecule has 0 saturated heterocycles. The largest absolute Gasteiger partial charge is 0.305 e. The van der Waals surface area contributed by atoms with Crippen molar-refractivity contribution in [1.82, 2.24) is 10.3 Å². The molecule has 2 nitrogen and oxygen atoms in total. The maximum Gasteiger partial charge on any atom is 0.0898 e. The van der Waals surface area contributed by atoms with E-state index in [2.05, 4.69) is 61.6 Å². The van der Waals surface area contributed by atoms with E-state index in [0.29, 0.717) is 0 Å². The van der Waals surface area contributed by atoms with Crippen LogP contribution in [0.3, 0.4) is 0 Å². The van der Waals surface area contributed by atoms with Gasteiger partial charge in [-0.2, -0.15) is 0 Å². The molecule has 2 aromatic rings. The number of benzene rings is 1. The van der Waals surface area contributed by atoms with Crippen LogP contribution in [0.15, 0.2) is 23.6 Å². The number of nitrogens with zero attached hydrogens (tertiary/aromatic N) is 1. The average Bonchev–Trinajstić information content (AvgIpc) is 2.77. The minimum atomic E-state index is 0.208. The third-order valence-electron chi connectivity index (χ3n) is 3.30. The molecule has 1 unspecified atom stereocenters. The highest BCUT2D eigenvalue weighted by Gasteiger charge is 2.18. The molecule has 0 aliphatic carbocycles. The average molecular weight is 260 g/mol. The van der Waals surface area contributed by atoms with Gasteiger partial charge in [-0.3, -0.25) is 0 Å². The highest BCUT2D eigenvalue weighted by molar-refractivity contribution is 7.09. The second-order valence-corrected chi connectivity index (χ2v) is 5.63. The lowest BCUT2D eigenvalue weighted by Crippen LogP contribution is -2.23. The number of nitrogens with one attached hydrogen (secondary N) is 1. The molecule has 3 heteroatoms. The van der Waals surface area contributed by atoms with Gasteiger partial charge in [0, 0.05) is 5.38 Å². The van der Waals surface area contributed by atoms with Crippen molar-refractivity contribution in [2.75, 3.05) is 6.54 Å². The third kappa shape index (κ3) is 2.62. The first-order valence-electron chi connectivity index (χ1n) is 6.35. The highest BCUT2D eigenvalue weighted by Crippen LogP contribution is 2.27. The minimum Gasteiger partial charge on any atom is -0.305 e. The van der Waals surface area contributed by atoms with Crippen molar-refractivity contribution in [3.63, 3.8) is 0 Å². The monoisotopic (exact) mass is 260 g/mol. The van der Waals surface area contributed by atoms with E-state index in [0.717, 1.165) is 17.2 Å². The fourth-order valence-electron chi connectivity index (χ4n) is 2.18. The number of rotatable bonds is 4. The normalized spacial score (nSPS) is 12.7. The fraction of sp³-hybridized carbons (Fsp3) is 0.400. The van der Waals surface area contributed by atoms with E-state index in [-0.39, 0.29) is 6.04 Å². The Morgan fingerprint density at radius 2 is 2.06 bits per heavy atom. The van der Waals surface area contributed by atoms with E-state index in [1.54, 1.807) is 11.3 Å². The molecule has 0 saturated carbocycles. The van der Waals surface area contributed by atoms with Crippen LogP contribution in [0, 0.1) is 20.8 Å². The lowest BCUT2D eigenvalue weighted by atomic mass is 9.96. The van der Waals surface area contributed by atoms with Crippen molar-refractivity contribution >= 4 is 11.3 Å². The summed E-state index contributed by atoms with van der Waals surface area (Å²) in [6, 6.07) is 6.69. The molecule has 0 radical (unpaired) electrons. The molecule has 0 bridgehead atoms. The van der Waals surface area contributed by atoms with Gasteiger partial charge in [0.15, 0.2) is 0 Å². The van der Waals surface area contributed by atoms with Crippen molar-refractivity contribution < 1.29 is 0 Å². The van der Waals surface area contributed by atoms with Crippen LogP contribution in [-0.4, -0.2) is 11.5 Å². The van der Waals surface area contributed by atoms with E-state index in [4.69, 9.17) is 0 Å². The summed E-state index contributed by atoms with van der Waals surface area (Å²) in [5.74, 6) is 0. The van der Waals surface area contributed by atoms with Gasteiger partial charge in [0.1, 0.15) is 0 Å². The molecule has 0 spiro atoms. The lowest BCUT2D eigenvalue weighted by Gasteiger charge is -2.19. The number of aryl methyl sites for hydroxylation is 2. The van der Waals surface area contributed by atoms with Crippen molar-refractivity contribution in [2.24, 2.45) is 0 Å². The van der Waals surface area contributed by atoms with Gasteiger partial charge in [-0.25, -0.2) is 4.98 Å². The number of hydrogen-bond donors (Lipinski definition) is 1. The van der Waals surface area contributed by atoms with E-state index in [1.807, 2.05) is 0 Å². The van der Waals surface area contributed by atoms with Crippen LogP contribution in [0.1, 0.15) is 40.4 Å². The van der Waals surface area contributed by atoms with Crippen molar-refractivity contribution in [3.05, 3.63) is 51.0 Å². The summed E-state index contributed by atoms with van der Waals surface area (Å²) in [5, 5.41) is 6.82. The quantitative estimate of drug-likeness (QED) is 0.905. The first kappa shape index (κ1) is 13.2. The summed E-state index contributed by atoms with van der Waals surface area (Å²) in [6.45, 7) is 9.48. The zero-order valence-electron chi connectivity index (χ0n) is 11.4. The molecule has 1 atom stereocenters. The Morgan fingerprint density at radius 3 is 2.67 bits per heavy atom. The molecular weight excluding hydrogens is 240 g/mol. The summed E-state index contributed by atoms with van der Waals surface area (Å²) in [4.78, 5) is 4.63. The number of hydrogen-bond acceptors (Lipinski definition) is 3. The third-order valence-corrected chi connectivity index (χ3v) is 4.09. The van der Waals surface area contributed by atoms with Crippen LogP contribution in [0.5, 0.6) is 0 Å². The van der Waals surface area contributed by atoms with Crippen LogP contribution in [0.25, 0.3) is 0 Å². The van der Waals surface area contributed by atoms with Gasteiger partial charge >= 0.3 is 0 Å². The van der Waals surface area contributed by atoms with E-state index in [9.17, 15) is 0 Å². The summed E-state index contributed by atoms with van der Waals surface area (Å²) in [5.41, 5.74) is 5.16. The highest BCUT2D eigenvalue weighted by atomic mass is 32.1. The van der Waals surface area contributed by atoms with Crippen LogP contribution >= 0.6 is 11.3 Å². The zero-order chi connectivity index (χ0) is 13.1. The van der Waals surface area contributed by atoms with Crippen LogP contribution in [-0.2, 0) is 0 Å². The number of thiazole rings is 1. The first-order chi connectivity index (χ1) is 8.63. The van der Waals surface area contributed by atoms with Gasteiger partial charge in [0.05, 0.1) is 16.7 Å². The molecule has 1 aromatic heterocycles. The van der Waals surface area contributed by atoms with Gasteiger partial charge in [-0.1, -0.05) is 25.1 Å². The summed E-state index contributed by atoms with van der Waals surface area (Å²) < 4.78 is 0. The smallest absolute Gasteiger partial charge is 0.0898 e. The van der Waals surface area contributed by atoms with Gasteiger partial charge in [-0.15, -0.1) is 11.3 Å². The van der Waals surface area contributed by atoms with Crippen LogP contribution < -0.4 is 5.32 Å². The molecule has 0 aliphatic heterocycles. The second-order valence-electron chi connectivity index (χ2n) is 4.57. The first-order valence-corrected chi connectivity index (χ1v) is 7.23. The Hall–Kier alpha value is -1.19. The Balaban J connectivity index is 2.44. The minimum absolute atomic E-state index is 0.208. The topological polar surface area (TPSA) is 24.9 Å². The molecule has 1 heterocycles. The molecule has 0 fully saturated rings. The van der Waals surface area contributed by atoms with Crippen molar-refractivity contribution in [3.8, 4) is 0 Å². The molecule has 1 N–H and O–H groups in total. The van der Waals surface area contributed by atoms with Crippen LogP contribution in [0.2, 0.25) is 0 Å². The molecule has 0 amide bonds. The van der Waals surface area contributed by atoms with Crippen molar-refractivity contribution in [2.45, 2.75) is 33.7 Å². The summed E-state index contributed by atoms with van der Waals surface area (Å²) in [6.07, 6.45) is 0. The Morgan fingerprint density at radius 1 is 1.28 bits per heavy atom. The molecule has 96 valence electrons. The molecule has 2 rings (SSSR count). The fourth-order valence-corrected chi connectivity index (χ4v) is 2.82. The maximum absolute atomic E-state index is 4.63. The molecule has 1 aromatic carbocycles. The Kier molecular flexibility index (Phi) is 4.15.